The van der Waals surface area contributed by atoms with Crippen LogP contribution in [0.3, 0.4) is 0 Å². The summed E-state index contributed by atoms with van der Waals surface area (Å²) in [6, 6.07) is 5.30. The largest absolute Gasteiger partial charge is 0.397 e. The lowest BCUT2D eigenvalue weighted by Crippen LogP contribution is -2.33. The number of hydrogen-bond acceptors (Lipinski definition) is 4. The third kappa shape index (κ3) is 3.00. The van der Waals surface area contributed by atoms with Crippen LogP contribution in [0.1, 0.15) is 23.0 Å². The fourth-order valence-electron chi connectivity index (χ4n) is 1.81. The molecule has 102 valence electrons. The fourth-order valence-corrected chi connectivity index (χ4v) is 2.99. The van der Waals surface area contributed by atoms with E-state index in [4.69, 9.17) is 22.4 Å². The van der Waals surface area contributed by atoms with Gasteiger partial charge in [-0.2, -0.15) is 0 Å². The van der Waals surface area contributed by atoms with Crippen LogP contribution in [0.25, 0.3) is 10.1 Å². The summed E-state index contributed by atoms with van der Waals surface area (Å²) in [5.41, 5.74) is 6.45. The van der Waals surface area contributed by atoms with Crippen molar-refractivity contribution in [3.05, 3.63) is 28.1 Å². The summed E-state index contributed by atoms with van der Waals surface area (Å²) in [7, 11) is 0. The third-order valence-electron chi connectivity index (χ3n) is 2.83. The number of halogens is 1. The average Bonchev–Trinajstić information content (AvgIpc) is 2.67. The minimum atomic E-state index is -0.212. The molecule has 1 heterocycles. The molecule has 1 aromatic carbocycles. The molecule has 4 nitrogen and oxygen atoms in total. The van der Waals surface area contributed by atoms with Crippen LogP contribution in [-0.4, -0.2) is 23.7 Å². The van der Waals surface area contributed by atoms with Crippen LogP contribution < -0.4 is 11.1 Å². The lowest BCUT2D eigenvalue weighted by atomic mass is 10.2. The first kappa shape index (κ1) is 14.1. The van der Waals surface area contributed by atoms with Gasteiger partial charge >= 0.3 is 0 Å². The highest BCUT2D eigenvalue weighted by Crippen LogP contribution is 2.35. The van der Waals surface area contributed by atoms with E-state index in [0.29, 0.717) is 22.0 Å². The molecule has 0 spiro atoms. The maximum Gasteiger partial charge on any atom is 0.263 e. The normalized spacial score (nSPS) is 12.6. The van der Waals surface area contributed by atoms with Crippen LogP contribution in [0.4, 0.5) is 5.69 Å². The van der Waals surface area contributed by atoms with Gasteiger partial charge < -0.3 is 16.2 Å². The standard InChI is InChI=1S/C13H15ClN2O2S/c1-7(4-5-17)16-13(18)12-11(15)9-6-8(14)2-3-10(9)19-12/h2-3,6-7,17H,4-5,15H2,1H3,(H,16,18). The van der Waals surface area contributed by atoms with Crippen molar-refractivity contribution < 1.29 is 9.90 Å². The molecular formula is C13H15ClN2O2S. The van der Waals surface area contributed by atoms with Gasteiger partial charge in [0.25, 0.3) is 5.91 Å². The van der Waals surface area contributed by atoms with Crippen LogP contribution in [0.15, 0.2) is 18.2 Å². The predicted molar refractivity (Wildman–Crippen MR) is 79.9 cm³/mol. The molecule has 0 bridgehead atoms. The summed E-state index contributed by atoms with van der Waals surface area (Å²) >= 11 is 7.27. The topological polar surface area (TPSA) is 75.3 Å². The van der Waals surface area contributed by atoms with Gasteiger partial charge in [-0.15, -0.1) is 11.3 Å². The molecule has 0 fully saturated rings. The number of aliphatic hydroxyl groups is 1. The van der Waals surface area contributed by atoms with Crippen molar-refractivity contribution in [2.24, 2.45) is 0 Å². The van der Waals surface area contributed by atoms with Crippen molar-refractivity contribution in [1.82, 2.24) is 5.32 Å². The lowest BCUT2D eigenvalue weighted by molar-refractivity contribution is 0.0939. The summed E-state index contributed by atoms with van der Waals surface area (Å²) < 4.78 is 0.932. The average molecular weight is 299 g/mol. The van der Waals surface area contributed by atoms with E-state index in [0.717, 1.165) is 10.1 Å². The number of nitrogen functional groups attached to an aromatic ring is 1. The van der Waals surface area contributed by atoms with Gasteiger partial charge in [-0.25, -0.2) is 0 Å². The van der Waals surface area contributed by atoms with E-state index in [1.54, 1.807) is 12.1 Å². The van der Waals surface area contributed by atoms with Gasteiger partial charge in [0.2, 0.25) is 0 Å². The summed E-state index contributed by atoms with van der Waals surface area (Å²) in [4.78, 5) is 12.6. The van der Waals surface area contributed by atoms with E-state index in [-0.39, 0.29) is 18.6 Å². The molecule has 2 aromatic rings. The number of rotatable bonds is 4. The van der Waals surface area contributed by atoms with Gasteiger partial charge in [0, 0.05) is 27.8 Å². The molecule has 0 saturated heterocycles. The molecule has 1 amide bonds. The van der Waals surface area contributed by atoms with Crippen LogP contribution in [-0.2, 0) is 0 Å². The molecule has 0 saturated carbocycles. The first-order chi connectivity index (χ1) is 9.02. The minimum absolute atomic E-state index is 0.0406. The number of hydrogen-bond donors (Lipinski definition) is 3. The van der Waals surface area contributed by atoms with E-state index < -0.39 is 0 Å². The molecule has 19 heavy (non-hydrogen) atoms. The Kier molecular flexibility index (Phi) is 4.29. The molecule has 6 heteroatoms. The van der Waals surface area contributed by atoms with Gasteiger partial charge in [-0.05, 0) is 31.5 Å². The second kappa shape index (κ2) is 5.77. The van der Waals surface area contributed by atoms with Gasteiger partial charge in [-0.1, -0.05) is 11.6 Å². The molecule has 2 rings (SSSR count). The third-order valence-corrected chi connectivity index (χ3v) is 4.25. The summed E-state index contributed by atoms with van der Waals surface area (Å²) in [6.45, 7) is 1.88. The summed E-state index contributed by atoms with van der Waals surface area (Å²) in [6.07, 6.45) is 0.516. The highest BCUT2D eigenvalue weighted by molar-refractivity contribution is 7.21. The van der Waals surface area contributed by atoms with E-state index in [1.807, 2.05) is 13.0 Å². The number of nitrogens with two attached hydrogens (primary N) is 1. The lowest BCUT2D eigenvalue weighted by Gasteiger charge is -2.11. The molecule has 0 aliphatic carbocycles. The highest BCUT2D eigenvalue weighted by atomic mass is 35.5. The minimum Gasteiger partial charge on any atom is -0.397 e. The van der Waals surface area contributed by atoms with Gasteiger partial charge in [0.1, 0.15) is 4.88 Å². The molecule has 0 aliphatic rings. The van der Waals surface area contributed by atoms with E-state index >= 15 is 0 Å². The maximum atomic E-state index is 12.1. The van der Waals surface area contributed by atoms with Gasteiger partial charge in [-0.3, -0.25) is 4.79 Å². The monoisotopic (exact) mass is 298 g/mol. The number of fused-ring (bicyclic) bond motifs is 1. The Morgan fingerprint density at radius 2 is 2.32 bits per heavy atom. The Bertz CT molecular complexity index is 612. The molecule has 4 N–H and O–H groups in total. The van der Waals surface area contributed by atoms with Crippen molar-refractivity contribution in [1.29, 1.82) is 0 Å². The zero-order valence-electron chi connectivity index (χ0n) is 10.4. The van der Waals surface area contributed by atoms with E-state index in [1.165, 1.54) is 11.3 Å². The number of benzene rings is 1. The van der Waals surface area contributed by atoms with Crippen molar-refractivity contribution in [2.45, 2.75) is 19.4 Å². The van der Waals surface area contributed by atoms with Crippen LogP contribution in [0.5, 0.6) is 0 Å². The maximum absolute atomic E-state index is 12.1. The molecule has 1 aromatic heterocycles. The Morgan fingerprint density at radius 1 is 1.58 bits per heavy atom. The first-order valence-corrected chi connectivity index (χ1v) is 7.11. The molecule has 0 radical (unpaired) electrons. The molecule has 1 atom stereocenters. The number of aliphatic hydroxyl groups excluding tert-OH is 1. The Hall–Kier alpha value is -1.30. The number of amides is 1. The van der Waals surface area contributed by atoms with Gasteiger partial charge in [0.15, 0.2) is 0 Å². The smallest absolute Gasteiger partial charge is 0.263 e. The number of carbonyl (C=O) groups excluding carboxylic acids is 1. The van der Waals surface area contributed by atoms with Crippen molar-refractivity contribution in [3.63, 3.8) is 0 Å². The molecular weight excluding hydrogens is 284 g/mol. The van der Waals surface area contributed by atoms with Crippen LogP contribution in [0, 0.1) is 0 Å². The second-order valence-electron chi connectivity index (χ2n) is 4.37. The van der Waals surface area contributed by atoms with E-state index in [9.17, 15) is 4.79 Å². The quantitative estimate of drug-likeness (QED) is 0.812. The first-order valence-electron chi connectivity index (χ1n) is 5.92. The Morgan fingerprint density at radius 3 is 3.00 bits per heavy atom. The van der Waals surface area contributed by atoms with Crippen LogP contribution in [0.2, 0.25) is 5.02 Å². The van der Waals surface area contributed by atoms with E-state index in [2.05, 4.69) is 5.32 Å². The Labute approximate surface area is 120 Å². The zero-order valence-corrected chi connectivity index (χ0v) is 12.0. The second-order valence-corrected chi connectivity index (χ2v) is 5.86. The van der Waals surface area contributed by atoms with Crippen molar-refractivity contribution in [3.8, 4) is 0 Å². The zero-order chi connectivity index (χ0) is 14.0. The van der Waals surface area contributed by atoms with Crippen molar-refractivity contribution >= 4 is 44.6 Å². The molecule has 0 aliphatic heterocycles. The van der Waals surface area contributed by atoms with Crippen molar-refractivity contribution in [2.75, 3.05) is 12.3 Å². The summed E-state index contributed by atoms with van der Waals surface area (Å²) in [5, 5.41) is 13.0. The number of thiophene rings is 1. The Balaban J connectivity index is 2.30. The number of carbonyl (C=O) groups is 1. The predicted octanol–water partition coefficient (Wildman–Crippen LogP) is 2.64. The van der Waals surface area contributed by atoms with Crippen LogP contribution >= 0.6 is 22.9 Å². The fraction of sp³-hybridized carbons (Fsp3) is 0.308. The number of nitrogens with one attached hydrogen (secondary N) is 1. The SMILES string of the molecule is CC(CCO)NC(=O)c1sc2ccc(Cl)cc2c1N. The number of anilines is 1. The van der Waals surface area contributed by atoms with Gasteiger partial charge in [0.05, 0.1) is 5.69 Å². The summed E-state index contributed by atoms with van der Waals surface area (Å²) in [5.74, 6) is -0.212. The highest BCUT2D eigenvalue weighted by Gasteiger charge is 2.17. The molecule has 1 unspecified atom stereocenters.